The summed E-state index contributed by atoms with van der Waals surface area (Å²) in [6.07, 6.45) is 5.93. The minimum absolute atomic E-state index is 0.0129. The van der Waals surface area contributed by atoms with Gasteiger partial charge in [0, 0.05) is 68.9 Å². The second kappa shape index (κ2) is 6.21. The highest BCUT2D eigenvalue weighted by Gasteiger charge is 2.43. The minimum Gasteiger partial charge on any atom is -0.479 e. The summed E-state index contributed by atoms with van der Waals surface area (Å²) in [6, 6.07) is 2.15. The van der Waals surface area contributed by atoms with Crippen LogP contribution in [0.4, 0.5) is 5.82 Å². The third-order valence-corrected chi connectivity index (χ3v) is 5.99. The summed E-state index contributed by atoms with van der Waals surface area (Å²) in [5, 5.41) is 4.20. The average Bonchev–Trinajstić information content (AvgIpc) is 3.17. The maximum absolute atomic E-state index is 12.9. The molecule has 2 atom stereocenters. The smallest absolute Gasteiger partial charge is 0.260 e. The summed E-state index contributed by atoms with van der Waals surface area (Å²) < 4.78 is 6.87. The molecule has 2 aliphatic heterocycles. The van der Waals surface area contributed by atoms with E-state index >= 15 is 0 Å². The molecular formula is C19H24N6O2. The predicted molar refractivity (Wildman–Crippen MR) is 98.9 cm³/mol. The molecule has 0 aromatic carbocycles. The zero-order valence-electron chi connectivity index (χ0n) is 15.7. The Morgan fingerprint density at radius 1 is 1.15 bits per heavy atom. The number of amides is 1. The molecule has 3 aliphatic rings. The van der Waals surface area contributed by atoms with E-state index in [0.717, 1.165) is 32.0 Å². The van der Waals surface area contributed by atoms with Crippen LogP contribution in [0.25, 0.3) is 0 Å². The van der Waals surface area contributed by atoms with Crippen LogP contribution < -0.4 is 9.64 Å². The molecule has 2 saturated heterocycles. The highest BCUT2D eigenvalue weighted by atomic mass is 16.5. The van der Waals surface area contributed by atoms with Crippen molar-refractivity contribution in [3.63, 3.8) is 0 Å². The molecule has 3 fully saturated rings. The number of likely N-dealkylation sites (tertiary alicyclic amines) is 1. The van der Waals surface area contributed by atoms with E-state index in [2.05, 4.69) is 26.0 Å². The second-order valence-electron chi connectivity index (χ2n) is 7.94. The normalized spacial score (nSPS) is 24.4. The molecule has 8 nitrogen and oxygen atoms in total. The average molecular weight is 368 g/mol. The lowest BCUT2D eigenvalue weighted by Crippen LogP contribution is -2.33. The lowest BCUT2D eigenvalue weighted by molar-refractivity contribution is 0.0779. The van der Waals surface area contributed by atoms with E-state index in [0.29, 0.717) is 29.2 Å². The molecule has 4 heterocycles. The van der Waals surface area contributed by atoms with Gasteiger partial charge in [0.1, 0.15) is 17.7 Å². The van der Waals surface area contributed by atoms with Gasteiger partial charge in [-0.15, -0.1) is 5.10 Å². The molecule has 0 N–H and O–H groups in total. The van der Waals surface area contributed by atoms with Gasteiger partial charge in [0.2, 0.25) is 5.88 Å². The first-order valence-corrected chi connectivity index (χ1v) is 9.56. The number of aryl methyl sites for hydroxylation is 1. The lowest BCUT2D eigenvalue weighted by atomic mass is 10.0. The van der Waals surface area contributed by atoms with Crippen molar-refractivity contribution in [1.82, 2.24) is 24.6 Å². The molecule has 2 aromatic rings. The van der Waals surface area contributed by atoms with Gasteiger partial charge >= 0.3 is 0 Å². The number of carbonyl (C=O) groups excluding carboxylic acids is 1. The molecule has 27 heavy (non-hydrogen) atoms. The van der Waals surface area contributed by atoms with Crippen LogP contribution in [0.15, 0.2) is 18.6 Å². The lowest BCUT2D eigenvalue weighted by Gasteiger charge is -2.22. The fraction of sp³-hybridized carbons (Fsp3) is 0.579. The van der Waals surface area contributed by atoms with Crippen LogP contribution >= 0.6 is 0 Å². The van der Waals surface area contributed by atoms with Crippen molar-refractivity contribution in [2.24, 2.45) is 18.9 Å². The van der Waals surface area contributed by atoms with E-state index in [1.54, 1.807) is 31.4 Å². The summed E-state index contributed by atoms with van der Waals surface area (Å²) in [5.41, 5.74) is 1.72. The summed E-state index contributed by atoms with van der Waals surface area (Å²) in [6.45, 7) is 3.44. The van der Waals surface area contributed by atoms with Crippen LogP contribution in [0, 0.1) is 11.8 Å². The fourth-order valence-corrected chi connectivity index (χ4v) is 4.42. The number of nitrogens with zero attached hydrogens (tertiary/aromatic N) is 6. The van der Waals surface area contributed by atoms with Crippen LogP contribution in [-0.4, -0.2) is 63.8 Å². The summed E-state index contributed by atoms with van der Waals surface area (Å²) in [5.74, 6) is 3.05. The number of hydrogen-bond donors (Lipinski definition) is 0. The third-order valence-electron chi connectivity index (χ3n) is 5.99. The van der Waals surface area contributed by atoms with E-state index in [-0.39, 0.29) is 5.91 Å². The van der Waals surface area contributed by atoms with Crippen molar-refractivity contribution in [2.45, 2.75) is 18.8 Å². The van der Waals surface area contributed by atoms with Gasteiger partial charge in [-0.05, 0) is 12.8 Å². The molecule has 8 heteroatoms. The number of fused-ring (bicyclic) bond motifs is 1. The van der Waals surface area contributed by atoms with E-state index in [4.69, 9.17) is 4.74 Å². The Hall–Kier alpha value is -2.64. The molecule has 5 rings (SSSR count). The molecule has 1 aliphatic carbocycles. The number of carbonyl (C=O) groups is 1. The number of rotatable bonds is 4. The van der Waals surface area contributed by atoms with Crippen LogP contribution in [-0.2, 0) is 7.05 Å². The van der Waals surface area contributed by atoms with Gasteiger partial charge < -0.3 is 14.5 Å². The zero-order valence-corrected chi connectivity index (χ0v) is 15.7. The van der Waals surface area contributed by atoms with Crippen molar-refractivity contribution < 1.29 is 9.53 Å². The molecule has 0 radical (unpaired) electrons. The summed E-state index contributed by atoms with van der Waals surface area (Å²) in [4.78, 5) is 26.1. The van der Waals surface area contributed by atoms with E-state index < -0.39 is 0 Å². The maximum Gasteiger partial charge on any atom is 0.260 e. The standard InChI is InChI=1S/C19H24N6O2/c1-23-10-15(18(22-23)27-2)19(26)25-8-13-6-24(7-14(13)9-25)17-5-16(12-3-4-12)20-11-21-17/h5,10-14H,3-4,6-9H2,1-2H3. The fourth-order valence-electron chi connectivity index (χ4n) is 4.42. The minimum atomic E-state index is 0.0129. The van der Waals surface area contributed by atoms with Gasteiger partial charge in [-0.1, -0.05) is 0 Å². The van der Waals surface area contributed by atoms with Crippen LogP contribution in [0.5, 0.6) is 5.88 Å². The quantitative estimate of drug-likeness (QED) is 0.810. The summed E-state index contributed by atoms with van der Waals surface area (Å²) in [7, 11) is 3.35. The van der Waals surface area contributed by atoms with Crippen molar-refractivity contribution in [3.05, 3.63) is 29.8 Å². The molecule has 2 unspecified atom stereocenters. The Kier molecular flexibility index (Phi) is 3.80. The zero-order chi connectivity index (χ0) is 18.5. The Morgan fingerprint density at radius 2 is 1.89 bits per heavy atom. The van der Waals surface area contributed by atoms with Crippen molar-refractivity contribution in [3.8, 4) is 5.88 Å². The van der Waals surface area contributed by atoms with E-state index in [9.17, 15) is 4.79 Å². The monoisotopic (exact) mass is 368 g/mol. The van der Waals surface area contributed by atoms with E-state index in [1.165, 1.54) is 18.5 Å². The molecule has 0 spiro atoms. The SMILES string of the molecule is COc1nn(C)cc1C(=O)N1CC2CN(c3cc(C4CC4)ncn3)CC2C1. The third kappa shape index (κ3) is 2.93. The Bertz CT molecular complexity index is 863. The second-order valence-corrected chi connectivity index (χ2v) is 7.94. The first kappa shape index (κ1) is 16.5. The van der Waals surface area contributed by atoms with Gasteiger partial charge in [0.05, 0.1) is 7.11 Å². The first-order valence-electron chi connectivity index (χ1n) is 9.56. The van der Waals surface area contributed by atoms with Crippen molar-refractivity contribution in [1.29, 1.82) is 0 Å². The largest absolute Gasteiger partial charge is 0.479 e. The van der Waals surface area contributed by atoms with Gasteiger partial charge in [-0.2, -0.15) is 0 Å². The Balaban J connectivity index is 1.27. The van der Waals surface area contributed by atoms with Crippen molar-refractivity contribution >= 4 is 11.7 Å². The van der Waals surface area contributed by atoms with Crippen molar-refractivity contribution in [2.75, 3.05) is 38.2 Å². The number of hydrogen-bond acceptors (Lipinski definition) is 6. The Labute approximate surface area is 158 Å². The van der Waals surface area contributed by atoms with Gasteiger partial charge in [-0.3, -0.25) is 9.48 Å². The molecule has 0 bridgehead atoms. The number of aromatic nitrogens is 4. The molecule has 1 amide bonds. The number of methoxy groups -OCH3 is 1. The number of ether oxygens (including phenoxy) is 1. The van der Waals surface area contributed by atoms with Crippen LogP contribution in [0.1, 0.15) is 34.8 Å². The van der Waals surface area contributed by atoms with Gasteiger partial charge in [0.15, 0.2) is 0 Å². The van der Waals surface area contributed by atoms with Gasteiger partial charge in [0.25, 0.3) is 5.91 Å². The van der Waals surface area contributed by atoms with E-state index in [1.807, 2.05) is 4.90 Å². The molecular weight excluding hydrogens is 344 g/mol. The molecule has 2 aromatic heterocycles. The molecule has 142 valence electrons. The van der Waals surface area contributed by atoms with Crippen LogP contribution in [0.2, 0.25) is 0 Å². The number of anilines is 1. The highest BCUT2D eigenvalue weighted by Crippen LogP contribution is 2.40. The summed E-state index contributed by atoms with van der Waals surface area (Å²) >= 11 is 0. The first-order chi connectivity index (χ1) is 13.1. The van der Waals surface area contributed by atoms with Crippen LogP contribution in [0.3, 0.4) is 0 Å². The van der Waals surface area contributed by atoms with Gasteiger partial charge in [-0.25, -0.2) is 9.97 Å². The Morgan fingerprint density at radius 3 is 2.56 bits per heavy atom. The highest BCUT2D eigenvalue weighted by molar-refractivity contribution is 5.96. The molecule has 1 saturated carbocycles. The topological polar surface area (TPSA) is 76.4 Å². The predicted octanol–water partition coefficient (Wildman–Crippen LogP) is 1.30. The maximum atomic E-state index is 12.9.